The minimum absolute atomic E-state index is 0.325. The van der Waals surface area contributed by atoms with Gasteiger partial charge in [0, 0.05) is 37.3 Å². The zero-order valence-electron chi connectivity index (χ0n) is 17.6. The maximum atomic E-state index is 12.6. The highest BCUT2D eigenvalue weighted by Crippen LogP contribution is 2.50. The van der Waals surface area contributed by atoms with E-state index in [4.69, 9.17) is 0 Å². The first-order valence-electron chi connectivity index (χ1n) is 10.3. The third kappa shape index (κ3) is 4.12. The summed E-state index contributed by atoms with van der Waals surface area (Å²) in [5, 5.41) is 22.0. The van der Waals surface area contributed by atoms with Crippen molar-refractivity contribution in [2.24, 2.45) is 5.41 Å². The van der Waals surface area contributed by atoms with Gasteiger partial charge in [0.1, 0.15) is 11.4 Å². The highest BCUT2D eigenvalue weighted by atomic mass is 19.4. The summed E-state index contributed by atoms with van der Waals surface area (Å²) in [6.45, 7) is 4.52. The fraction of sp³-hybridized carbons (Fsp3) is 0.478. The van der Waals surface area contributed by atoms with Crippen LogP contribution in [-0.4, -0.2) is 60.8 Å². The minimum atomic E-state index is -4.77. The van der Waals surface area contributed by atoms with Gasteiger partial charge in [-0.05, 0) is 48.9 Å². The molecule has 0 radical (unpaired) electrons. The number of anilines is 1. The van der Waals surface area contributed by atoms with E-state index in [9.17, 15) is 23.4 Å². The van der Waals surface area contributed by atoms with E-state index in [0.717, 1.165) is 12.2 Å². The fourth-order valence-electron chi connectivity index (χ4n) is 5.04. The van der Waals surface area contributed by atoms with Crippen LogP contribution in [0.3, 0.4) is 0 Å². The molecule has 0 unspecified atom stereocenters. The number of halogens is 3. The lowest BCUT2D eigenvalue weighted by Gasteiger charge is -2.56. The molecule has 8 heteroatoms. The molecule has 2 N–H and O–H groups in total. The van der Waals surface area contributed by atoms with E-state index in [1.165, 1.54) is 24.3 Å². The predicted octanol–water partition coefficient (Wildman–Crippen LogP) is 3.34. The Hall–Kier alpha value is -2.29. The molecule has 2 heterocycles. The van der Waals surface area contributed by atoms with E-state index in [2.05, 4.69) is 14.5 Å². The Morgan fingerprint density at radius 2 is 1.74 bits per heavy atom. The topological polar surface area (TPSA) is 56.2 Å². The molecule has 0 saturated carbocycles. The Kier molecular flexibility index (Phi) is 5.44. The molecule has 2 atom stereocenters. The quantitative estimate of drug-likeness (QED) is 0.753. The standard InChI is InChI=1S/C23H27F3N2O3/c1-21(14-27(2)15-21)22(30,16-6-8-20(9-7-16)31-23(24,25)26)17-4-3-5-18(12-17)28-11-10-19(29)13-28/h3-9,12,19,29-30H,10-11,13-15H2,1-2H3/t19-,22-/m0/s1. The van der Waals surface area contributed by atoms with E-state index in [1.807, 2.05) is 38.2 Å². The van der Waals surface area contributed by atoms with Crippen molar-refractivity contribution in [3.63, 3.8) is 0 Å². The third-order valence-electron chi connectivity index (χ3n) is 6.41. The number of aliphatic hydroxyl groups is 2. The first kappa shape index (κ1) is 21.9. The van der Waals surface area contributed by atoms with Gasteiger partial charge >= 0.3 is 6.36 Å². The summed E-state index contributed by atoms with van der Waals surface area (Å²) < 4.78 is 41.7. The Morgan fingerprint density at radius 3 is 2.29 bits per heavy atom. The zero-order chi connectivity index (χ0) is 22.4. The first-order chi connectivity index (χ1) is 14.5. The summed E-state index contributed by atoms with van der Waals surface area (Å²) in [6.07, 6.45) is -4.45. The van der Waals surface area contributed by atoms with Crippen LogP contribution in [0.5, 0.6) is 5.75 Å². The largest absolute Gasteiger partial charge is 0.573 e. The van der Waals surface area contributed by atoms with Crippen LogP contribution in [0.25, 0.3) is 0 Å². The number of likely N-dealkylation sites (tertiary alicyclic amines) is 1. The number of benzene rings is 2. The lowest BCUT2D eigenvalue weighted by Crippen LogP contribution is -2.63. The van der Waals surface area contributed by atoms with Gasteiger partial charge in [-0.25, -0.2) is 0 Å². The SMILES string of the molecule is CN1CC(C)([C@](O)(c2ccc(OC(F)(F)F)cc2)c2cccc(N3CC[C@H](O)C3)c2)C1. The number of nitrogens with zero attached hydrogens (tertiary/aromatic N) is 2. The second-order valence-corrected chi connectivity index (χ2v) is 8.95. The number of hydrogen-bond acceptors (Lipinski definition) is 5. The summed E-state index contributed by atoms with van der Waals surface area (Å²) in [5.74, 6) is -0.325. The molecule has 0 aromatic heterocycles. The van der Waals surface area contributed by atoms with Gasteiger partial charge in [0.15, 0.2) is 0 Å². The van der Waals surface area contributed by atoms with Crippen molar-refractivity contribution in [3.05, 3.63) is 59.7 Å². The molecule has 4 rings (SSSR count). The Balaban J connectivity index is 1.73. The normalized spacial score (nSPS) is 23.3. The summed E-state index contributed by atoms with van der Waals surface area (Å²) in [5.41, 5.74) is 0.144. The lowest BCUT2D eigenvalue weighted by atomic mass is 9.62. The number of β-amino-alcohol motifs (C(OH)–C–C–N with tert-alkyl or cyclic N) is 1. The molecule has 2 aromatic rings. The molecule has 2 fully saturated rings. The van der Waals surface area contributed by atoms with Crippen molar-refractivity contribution >= 4 is 5.69 Å². The van der Waals surface area contributed by atoms with E-state index in [-0.39, 0.29) is 11.9 Å². The van der Waals surface area contributed by atoms with Crippen LogP contribution >= 0.6 is 0 Å². The highest BCUT2D eigenvalue weighted by Gasteiger charge is 2.55. The van der Waals surface area contributed by atoms with E-state index in [0.29, 0.717) is 37.2 Å². The molecular weight excluding hydrogens is 409 g/mol. The van der Waals surface area contributed by atoms with Gasteiger partial charge in [-0.1, -0.05) is 31.2 Å². The number of hydrogen-bond donors (Lipinski definition) is 2. The molecule has 2 aliphatic rings. The maximum absolute atomic E-state index is 12.6. The molecule has 2 aliphatic heterocycles. The van der Waals surface area contributed by atoms with Gasteiger partial charge in [-0.3, -0.25) is 0 Å². The fourth-order valence-corrected chi connectivity index (χ4v) is 5.04. The van der Waals surface area contributed by atoms with Crippen molar-refractivity contribution in [2.45, 2.75) is 31.4 Å². The second kappa shape index (κ2) is 7.69. The van der Waals surface area contributed by atoms with Crippen LogP contribution in [0.15, 0.2) is 48.5 Å². The van der Waals surface area contributed by atoms with Gasteiger partial charge in [0.2, 0.25) is 0 Å². The van der Waals surface area contributed by atoms with Crippen molar-refractivity contribution < 1.29 is 28.1 Å². The van der Waals surface area contributed by atoms with Crippen molar-refractivity contribution in [1.29, 1.82) is 0 Å². The number of alkyl halides is 3. The summed E-state index contributed by atoms with van der Waals surface area (Å²) in [4.78, 5) is 4.16. The molecular formula is C23H27F3N2O3. The number of aliphatic hydroxyl groups excluding tert-OH is 1. The minimum Gasteiger partial charge on any atom is -0.406 e. The Morgan fingerprint density at radius 1 is 1.06 bits per heavy atom. The van der Waals surface area contributed by atoms with Crippen LogP contribution in [0, 0.1) is 5.41 Å². The van der Waals surface area contributed by atoms with Crippen molar-refractivity contribution in [2.75, 3.05) is 38.1 Å². The van der Waals surface area contributed by atoms with Gasteiger partial charge in [-0.2, -0.15) is 0 Å². The Bertz CT molecular complexity index is 928. The van der Waals surface area contributed by atoms with E-state index < -0.39 is 17.4 Å². The lowest BCUT2D eigenvalue weighted by molar-refractivity contribution is -0.274. The van der Waals surface area contributed by atoms with E-state index >= 15 is 0 Å². The molecule has 0 bridgehead atoms. The van der Waals surface area contributed by atoms with Crippen LogP contribution in [0.4, 0.5) is 18.9 Å². The second-order valence-electron chi connectivity index (χ2n) is 8.95. The van der Waals surface area contributed by atoms with Crippen LogP contribution in [-0.2, 0) is 5.60 Å². The first-order valence-corrected chi connectivity index (χ1v) is 10.3. The molecule has 2 aromatic carbocycles. The van der Waals surface area contributed by atoms with Crippen LogP contribution < -0.4 is 9.64 Å². The zero-order valence-corrected chi connectivity index (χ0v) is 17.6. The maximum Gasteiger partial charge on any atom is 0.573 e. The van der Waals surface area contributed by atoms with Crippen molar-refractivity contribution in [3.8, 4) is 5.75 Å². The van der Waals surface area contributed by atoms with Gasteiger partial charge in [0.05, 0.1) is 6.10 Å². The van der Waals surface area contributed by atoms with Crippen molar-refractivity contribution in [1.82, 2.24) is 4.90 Å². The smallest absolute Gasteiger partial charge is 0.406 e. The summed E-state index contributed by atoms with van der Waals surface area (Å²) in [6, 6.07) is 13.0. The molecule has 0 aliphatic carbocycles. The molecule has 168 valence electrons. The Labute approximate surface area is 179 Å². The summed E-state index contributed by atoms with van der Waals surface area (Å²) >= 11 is 0. The predicted molar refractivity (Wildman–Crippen MR) is 111 cm³/mol. The molecule has 0 amide bonds. The molecule has 2 saturated heterocycles. The average Bonchev–Trinajstić information content (AvgIpc) is 3.12. The molecule has 31 heavy (non-hydrogen) atoms. The monoisotopic (exact) mass is 436 g/mol. The van der Waals surface area contributed by atoms with Crippen LogP contribution in [0.2, 0.25) is 0 Å². The molecule has 5 nitrogen and oxygen atoms in total. The van der Waals surface area contributed by atoms with E-state index in [1.54, 1.807) is 0 Å². The molecule has 0 spiro atoms. The third-order valence-corrected chi connectivity index (χ3v) is 6.41. The summed E-state index contributed by atoms with van der Waals surface area (Å²) in [7, 11) is 1.96. The van der Waals surface area contributed by atoms with Gasteiger partial charge in [0.25, 0.3) is 0 Å². The number of rotatable bonds is 5. The van der Waals surface area contributed by atoms with Gasteiger partial charge in [-0.15, -0.1) is 13.2 Å². The highest BCUT2D eigenvalue weighted by molar-refractivity contribution is 5.54. The number of ether oxygens (including phenoxy) is 1. The average molecular weight is 436 g/mol. The van der Waals surface area contributed by atoms with Crippen LogP contribution in [0.1, 0.15) is 24.5 Å². The van der Waals surface area contributed by atoms with Gasteiger partial charge < -0.3 is 24.7 Å².